The van der Waals surface area contributed by atoms with E-state index in [1.807, 2.05) is 20.8 Å². The first-order valence-electron chi connectivity index (χ1n) is 9.57. The molecular formula is C22H19F3N3O4S-. The number of nitrogens with zero attached hydrogens (tertiary/aromatic N) is 2. The molecule has 1 unspecified atom stereocenters. The molecule has 1 aromatic carbocycles. The summed E-state index contributed by atoms with van der Waals surface area (Å²) in [7, 11) is 0. The predicted octanol–water partition coefficient (Wildman–Crippen LogP) is 5.08. The lowest BCUT2D eigenvalue weighted by Crippen LogP contribution is -2.16. The number of carbonyl (C=O) groups excluding carboxylic acids is 1. The maximum absolute atomic E-state index is 13.0. The van der Waals surface area contributed by atoms with Crippen molar-refractivity contribution in [3.8, 4) is 11.6 Å². The van der Waals surface area contributed by atoms with Gasteiger partial charge in [0.25, 0.3) is 5.91 Å². The fourth-order valence-electron chi connectivity index (χ4n) is 2.78. The van der Waals surface area contributed by atoms with Crippen molar-refractivity contribution in [2.45, 2.75) is 37.3 Å². The number of benzene rings is 1. The molecule has 1 amide bonds. The second-order valence-corrected chi connectivity index (χ2v) is 8.96. The zero-order valence-electron chi connectivity index (χ0n) is 17.8. The summed E-state index contributed by atoms with van der Waals surface area (Å²) < 4.78 is 67.0. The molecule has 2 aromatic heterocycles. The van der Waals surface area contributed by atoms with Crippen LogP contribution in [-0.2, 0) is 22.7 Å². The molecule has 0 saturated carbocycles. The molecule has 1 N–H and O–H groups in total. The number of alkyl halides is 3. The van der Waals surface area contributed by atoms with Crippen LogP contribution in [0.1, 0.15) is 42.4 Å². The van der Waals surface area contributed by atoms with Crippen LogP contribution in [0, 0.1) is 0 Å². The molecule has 0 aliphatic carbocycles. The first-order chi connectivity index (χ1) is 15.3. The molecule has 0 radical (unpaired) electrons. The molecule has 0 spiro atoms. The maximum Gasteiger partial charge on any atom is 0.433 e. The molecule has 0 fully saturated rings. The molecule has 7 nitrogen and oxygen atoms in total. The zero-order chi connectivity index (χ0) is 24.4. The maximum atomic E-state index is 13.0. The summed E-state index contributed by atoms with van der Waals surface area (Å²) in [5.74, 6) is -1.02. The SMILES string of the molecule is CC(C)(C)c1ccc(C(=O)Nc2cncc(S(=O)[O-])c2)c(Oc2cccc(C(F)(F)F)n2)c1. The van der Waals surface area contributed by atoms with E-state index in [9.17, 15) is 26.7 Å². The van der Waals surface area contributed by atoms with Gasteiger partial charge < -0.3 is 14.6 Å². The summed E-state index contributed by atoms with van der Waals surface area (Å²) >= 11 is -2.54. The van der Waals surface area contributed by atoms with Gasteiger partial charge in [0.05, 0.1) is 17.4 Å². The van der Waals surface area contributed by atoms with Gasteiger partial charge in [-0.25, -0.2) is 4.98 Å². The topological polar surface area (TPSA) is 104 Å². The number of nitrogens with one attached hydrogen (secondary N) is 1. The Bertz CT molecular complexity index is 1210. The Kier molecular flexibility index (Phi) is 6.84. The highest BCUT2D eigenvalue weighted by atomic mass is 32.2. The molecule has 1 atom stereocenters. The number of amides is 1. The second-order valence-electron chi connectivity index (χ2n) is 8.02. The van der Waals surface area contributed by atoms with Gasteiger partial charge in [-0.3, -0.25) is 14.0 Å². The lowest BCUT2D eigenvalue weighted by atomic mass is 9.86. The summed E-state index contributed by atoms with van der Waals surface area (Å²) in [6, 6.07) is 9.15. The molecular weight excluding hydrogens is 459 g/mol. The number of anilines is 1. The third kappa shape index (κ3) is 6.14. The Morgan fingerprint density at radius 1 is 1.09 bits per heavy atom. The Balaban J connectivity index is 1.99. The molecule has 0 aliphatic heterocycles. The van der Waals surface area contributed by atoms with Crippen LogP contribution in [0.2, 0.25) is 0 Å². The Hall–Kier alpha value is -3.31. The fraction of sp³-hybridized carbons (Fsp3) is 0.227. The Morgan fingerprint density at radius 2 is 1.82 bits per heavy atom. The van der Waals surface area contributed by atoms with E-state index >= 15 is 0 Å². The van der Waals surface area contributed by atoms with E-state index in [0.29, 0.717) is 0 Å². The van der Waals surface area contributed by atoms with E-state index in [-0.39, 0.29) is 33.2 Å². The largest absolute Gasteiger partial charge is 0.768 e. The molecule has 33 heavy (non-hydrogen) atoms. The smallest absolute Gasteiger partial charge is 0.433 e. The van der Waals surface area contributed by atoms with Crippen molar-refractivity contribution in [3.05, 3.63) is 71.7 Å². The van der Waals surface area contributed by atoms with Crippen molar-refractivity contribution in [1.29, 1.82) is 0 Å². The zero-order valence-corrected chi connectivity index (χ0v) is 18.6. The highest BCUT2D eigenvalue weighted by Crippen LogP contribution is 2.33. The third-order valence-corrected chi connectivity index (χ3v) is 5.09. The van der Waals surface area contributed by atoms with E-state index in [2.05, 4.69) is 15.3 Å². The fourth-order valence-corrected chi connectivity index (χ4v) is 3.15. The van der Waals surface area contributed by atoms with Gasteiger partial charge >= 0.3 is 6.18 Å². The first kappa shape index (κ1) is 24.3. The number of ether oxygens (including phenoxy) is 1. The van der Waals surface area contributed by atoms with Gasteiger partial charge in [0, 0.05) is 17.2 Å². The number of halogens is 3. The summed E-state index contributed by atoms with van der Waals surface area (Å²) in [5, 5.41) is 2.52. The standard InChI is InChI=1S/C22H20F3N3O4S/c1-21(2,3)13-7-8-16(20(29)27-14-10-15(33(30)31)12-26-11-14)17(9-13)32-19-6-4-5-18(28-19)22(23,24)25/h4-12H,1-3H3,(H,27,29)(H,30,31)/p-1. The number of hydrogen-bond acceptors (Lipinski definition) is 6. The highest BCUT2D eigenvalue weighted by Gasteiger charge is 2.33. The molecule has 174 valence electrons. The monoisotopic (exact) mass is 478 g/mol. The average molecular weight is 478 g/mol. The van der Waals surface area contributed by atoms with Crippen LogP contribution in [-0.4, -0.2) is 24.6 Å². The molecule has 0 bridgehead atoms. The van der Waals surface area contributed by atoms with E-state index in [1.54, 1.807) is 12.1 Å². The predicted molar refractivity (Wildman–Crippen MR) is 114 cm³/mol. The quantitative estimate of drug-likeness (QED) is 0.513. The number of pyridine rings is 2. The minimum Gasteiger partial charge on any atom is -0.768 e. The molecule has 3 rings (SSSR count). The van der Waals surface area contributed by atoms with Gasteiger partial charge in [-0.2, -0.15) is 13.2 Å². The van der Waals surface area contributed by atoms with Gasteiger partial charge in [-0.05, 0) is 46.3 Å². The average Bonchev–Trinajstić information content (AvgIpc) is 2.72. The molecule has 11 heteroatoms. The van der Waals surface area contributed by atoms with Crippen LogP contribution in [0.4, 0.5) is 18.9 Å². The Labute approximate surface area is 190 Å². The highest BCUT2D eigenvalue weighted by molar-refractivity contribution is 7.79. The number of carbonyl (C=O) groups is 1. The van der Waals surface area contributed by atoms with Gasteiger partial charge in [-0.15, -0.1) is 0 Å². The summed E-state index contributed by atoms with van der Waals surface area (Å²) in [4.78, 5) is 20.1. The van der Waals surface area contributed by atoms with Gasteiger partial charge in [-0.1, -0.05) is 32.9 Å². The molecule has 3 aromatic rings. The van der Waals surface area contributed by atoms with Crippen molar-refractivity contribution in [1.82, 2.24) is 9.97 Å². The summed E-state index contributed by atoms with van der Waals surface area (Å²) in [6.45, 7) is 5.78. The van der Waals surface area contributed by atoms with E-state index in [0.717, 1.165) is 23.9 Å². The van der Waals surface area contributed by atoms with Crippen molar-refractivity contribution in [2.24, 2.45) is 0 Å². The minimum atomic E-state index is -4.66. The van der Waals surface area contributed by atoms with Gasteiger partial charge in [0.2, 0.25) is 5.88 Å². The van der Waals surface area contributed by atoms with E-state index in [1.165, 1.54) is 24.4 Å². The minimum absolute atomic E-state index is 0.0101. The van der Waals surface area contributed by atoms with E-state index < -0.39 is 28.9 Å². The van der Waals surface area contributed by atoms with Crippen molar-refractivity contribution in [2.75, 3.05) is 5.32 Å². The normalized spacial score (nSPS) is 12.8. The van der Waals surface area contributed by atoms with Gasteiger partial charge in [0.1, 0.15) is 11.4 Å². The van der Waals surface area contributed by atoms with Crippen LogP contribution in [0.5, 0.6) is 11.6 Å². The molecule has 0 saturated heterocycles. The lowest BCUT2D eigenvalue weighted by molar-refractivity contribution is -0.141. The number of hydrogen-bond donors (Lipinski definition) is 1. The number of aromatic nitrogens is 2. The van der Waals surface area contributed by atoms with Crippen LogP contribution >= 0.6 is 0 Å². The molecule has 2 heterocycles. The van der Waals surface area contributed by atoms with Crippen LogP contribution in [0.25, 0.3) is 0 Å². The first-order valence-corrected chi connectivity index (χ1v) is 10.6. The van der Waals surface area contributed by atoms with Crippen molar-refractivity contribution < 1.29 is 31.5 Å². The van der Waals surface area contributed by atoms with E-state index in [4.69, 9.17) is 4.74 Å². The van der Waals surface area contributed by atoms with Crippen LogP contribution in [0.3, 0.4) is 0 Å². The summed E-state index contributed by atoms with van der Waals surface area (Å²) in [6.07, 6.45) is -2.29. The lowest BCUT2D eigenvalue weighted by Gasteiger charge is -2.21. The number of rotatable bonds is 5. The molecule has 0 aliphatic rings. The Morgan fingerprint density at radius 3 is 2.45 bits per heavy atom. The van der Waals surface area contributed by atoms with Crippen LogP contribution in [0.15, 0.2) is 59.8 Å². The van der Waals surface area contributed by atoms with Crippen LogP contribution < -0.4 is 10.1 Å². The van der Waals surface area contributed by atoms with Crippen molar-refractivity contribution in [3.63, 3.8) is 0 Å². The summed E-state index contributed by atoms with van der Waals surface area (Å²) in [5.41, 5.74) is -0.580. The van der Waals surface area contributed by atoms with Gasteiger partial charge in [0.15, 0.2) is 0 Å². The second kappa shape index (κ2) is 9.28. The van der Waals surface area contributed by atoms with Crippen molar-refractivity contribution >= 4 is 22.7 Å². The third-order valence-electron chi connectivity index (χ3n) is 4.48.